The Hall–Kier alpha value is -2.60. The average Bonchev–Trinajstić information content (AvgIpc) is 2.70. The lowest BCUT2D eigenvalue weighted by atomic mass is 9.82. The van der Waals surface area contributed by atoms with Crippen molar-refractivity contribution in [3.05, 3.63) is 75.4 Å². The second kappa shape index (κ2) is 8.64. The highest BCUT2D eigenvalue weighted by molar-refractivity contribution is 5.91. The van der Waals surface area contributed by atoms with Gasteiger partial charge < -0.3 is 9.84 Å². The molecule has 0 saturated heterocycles. The van der Waals surface area contributed by atoms with Crippen molar-refractivity contribution >= 4 is 11.5 Å². The molecule has 0 amide bonds. The van der Waals surface area contributed by atoms with E-state index in [9.17, 15) is 23.1 Å². The van der Waals surface area contributed by atoms with Gasteiger partial charge in [-0.3, -0.25) is 0 Å². The van der Waals surface area contributed by atoms with Crippen molar-refractivity contribution in [2.75, 3.05) is 6.61 Å². The fraction of sp³-hybridized carbons (Fsp3) is 0.375. The smallest absolute Gasteiger partial charge is 0.431 e. The molecular weight excluding hydrogens is 393 g/mol. The highest BCUT2D eigenvalue weighted by Crippen LogP contribution is 2.40. The van der Waals surface area contributed by atoms with Gasteiger partial charge in [0.1, 0.15) is 0 Å². The van der Waals surface area contributed by atoms with Crippen molar-refractivity contribution in [2.24, 2.45) is 0 Å². The fourth-order valence-corrected chi connectivity index (χ4v) is 3.53. The van der Waals surface area contributed by atoms with E-state index in [4.69, 9.17) is 0 Å². The summed E-state index contributed by atoms with van der Waals surface area (Å²) in [5.74, 6) is -1.75. The van der Waals surface area contributed by atoms with Gasteiger partial charge >= 0.3 is 12.1 Å². The molecule has 30 heavy (non-hydrogen) atoms. The number of aliphatic hydroxyl groups is 1. The molecule has 2 aromatic carbocycles. The van der Waals surface area contributed by atoms with Crippen molar-refractivity contribution in [1.82, 2.24) is 0 Å². The Labute approximate surface area is 175 Å². The Morgan fingerprint density at radius 2 is 1.40 bits per heavy atom. The van der Waals surface area contributed by atoms with Gasteiger partial charge in [0.05, 0.1) is 6.61 Å². The maximum Gasteiger partial charge on any atom is 0.431 e. The van der Waals surface area contributed by atoms with Crippen LogP contribution in [-0.4, -0.2) is 29.5 Å². The van der Waals surface area contributed by atoms with Crippen molar-refractivity contribution in [2.45, 2.75) is 53.3 Å². The molecule has 3 nitrogen and oxygen atoms in total. The summed E-state index contributed by atoms with van der Waals surface area (Å²) in [5.41, 5.74) is 1.90. The number of hydrogen-bond acceptors (Lipinski definition) is 3. The first kappa shape index (κ1) is 23.7. The molecule has 1 atom stereocenters. The number of esters is 1. The number of halogens is 3. The van der Waals surface area contributed by atoms with Crippen LogP contribution in [0.4, 0.5) is 13.2 Å². The number of carbonyl (C=O) groups is 1. The maximum absolute atomic E-state index is 13.9. The summed E-state index contributed by atoms with van der Waals surface area (Å²) in [4.78, 5) is 12.2. The number of alkyl halides is 3. The number of benzene rings is 2. The van der Waals surface area contributed by atoms with E-state index in [0.717, 1.165) is 27.8 Å². The van der Waals surface area contributed by atoms with Crippen LogP contribution in [0.25, 0.3) is 5.57 Å². The van der Waals surface area contributed by atoms with E-state index in [-0.39, 0.29) is 12.2 Å². The topological polar surface area (TPSA) is 46.5 Å². The maximum atomic E-state index is 13.9. The molecule has 0 heterocycles. The average molecular weight is 420 g/mol. The summed E-state index contributed by atoms with van der Waals surface area (Å²) < 4.78 is 46.3. The Morgan fingerprint density at radius 3 is 1.83 bits per heavy atom. The highest BCUT2D eigenvalue weighted by Gasteiger charge is 2.59. The Balaban J connectivity index is 2.96. The Bertz CT molecular complexity index is 946. The van der Waals surface area contributed by atoms with Crippen LogP contribution in [0.5, 0.6) is 0 Å². The van der Waals surface area contributed by atoms with Crippen LogP contribution in [0.2, 0.25) is 0 Å². The summed E-state index contributed by atoms with van der Waals surface area (Å²) in [5, 5.41) is 10.5. The van der Waals surface area contributed by atoms with Gasteiger partial charge in [0.25, 0.3) is 5.60 Å². The van der Waals surface area contributed by atoms with Crippen LogP contribution < -0.4 is 0 Å². The number of carbonyl (C=O) groups excluding carboxylic acids is 1. The van der Waals surface area contributed by atoms with Crippen LogP contribution in [0.3, 0.4) is 0 Å². The molecule has 0 radical (unpaired) electrons. The van der Waals surface area contributed by atoms with E-state index in [1.165, 1.54) is 6.92 Å². The van der Waals surface area contributed by atoms with Gasteiger partial charge in [-0.05, 0) is 92.1 Å². The predicted octanol–water partition coefficient (Wildman–Crippen LogP) is 5.52. The molecule has 0 spiro atoms. The summed E-state index contributed by atoms with van der Waals surface area (Å²) in [6.45, 7) is 10.5. The normalized spacial score (nSPS) is 14.4. The zero-order valence-corrected chi connectivity index (χ0v) is 18.1. The van der Waals surface area contributed by atoms with Crippen LogP contribution in [-0.2, 0) is 9.53 Å². The minimum atomic E-state index is -5.25. The largest absolute Gasteiger partial charge is 0.463 e. The van der Waals surface area contributed by atoms with Crippen molar-refractivity contribution in [1.29, 1.82) is 0 Å². The third kappa shape index (κ3) is 4.15. The quantitative estimate of drug-likeness (QED) is 0.648. The standard InChI is InChI=1S/C24H27F3O3/c1-7-30-22(28)23(29,24(25,26)27)13-20(19-11-9-8-10-12-19)21-17(5)15(3)14(2)16(4)18(21)6/h8-13,29H,7H2,1-6H3/b20-13+/t23-/m0/s1. The molecule has 6 heteroatoms. The van der Waals surface area contributed by atoms with Gasteiger partial charge in [0.2, 0.25) is 0 Å². The van der Waals surface area contributed by atoms with Gasteiger partial charge in [0, 0.05) is 0 Å². The number of rotatable bonds is 5. The molecule has 2 aromatic rings. The molecular formula is C24H27F3O3. The molecule has 162 valence electrons. The molecule has 0 aliphatic rings. The Kier molecular flexibility index (Phi) is 6.82. The van der Waals surface area contributed by atoms with E-state index < -0.39 is 17.7 Å². The third-order valence-corrected chi connectivity index (χ3v) is 5.73. The molecule has 0 saturated carbocycles. The lowest BCUT2D eigenvalue weighted by Gasteiger charge is -2.28. The zero-order chi connectivity index (χ0) is 22.9. The van der Waals surface area contributed by atoms with E-state index >= 15 is 0 Å². The van der Waals surface area contributed by atoms with Crippen molar-refractivity contribution < 1.29 is 27.8 Å². The lowest BCUT2D eigenvalue weighted by Crippen LogP contribution is -2.51. The van der Waals surface area contributed by atoms with Crippen molar-refractivity contribution in [3.63, 3.8) is 0 Å². The molecule has 0 aliphatic carbocycles. The van der Waals surface area contributed by atoms with Crippen LogP contribution in [0, 0.1) is 34.6 Å². The summed E-state index contributed by atoms with van der Waals surface area (Å²) >= 11 is 0. The molecule has 0 aromatic heterocycles. The molecule has 0 bridgehead atoms. The monoisotopic (exact) mass is 420 g/mol. The second-order valence-corrected chi connectivity index (χ2v) is 7.41. The van der Waals surface area contributed by atoms with Gasteiger partial charge in [-0.1, -0.05) is 30.3 Å². The fourth-order valence-electron chi connectivity index (χ4n) is 3.53. The van der Waals surface area contributed by atoms with E-state index in [0.29, 0.717) is 17.2 Å². The first-order valence-electron chi connectivity index (χ1n) is 9.68. The molecule has 0 fully saturated rings. The number of hydrogen-bond donors (Lipinski definition) is 1. The van der Waals surface area contributed by atoms with E-state index in [1.54, 1.807) is 30.3 Å². The minimum absolute atomic E-state index is 0.129. The zero-order valence-electron chi connectivity index (χ0n) is 18.1. The molecule has 0 unspecified atom stereocenters. The van der Waals surface area contributed by atoms with Gasteiger partial charge in [-0.25, -0.2) is 4.79 Å². The molecule has 2 rings (SSSR count). The van der Waals surface area contributed by atoms with Crippen molar-refractivity contribution in [3.8, 4) is 0 Å². The summed E-state index contributed by atoms with van der Waals surface area (Å²) in [7, 11) is 0. The third-order valence-electron chi connectivity index (χ3n) is 5.73. The first-order chi connectivity index (χ1) is 13.9. The van der Waals surface area contributed by atoms with Gasteiger partial charge in [0.15, 0.2) is 0 Å². The Morgan fingerprint density at radius 1 is 0.933 bits per heavy atom. The van der Waals surface area contributed by atoms with Crippen LogP contribution in [0.15, 0.2) is 36.4 Å². The summed E-state index contributed by atoms with van der Waals surface area (Å²) in [6.07, 6.45) is -4.67. The SMILES string of the molecule is CCOC(=O)[C@@](O)(/C=C(\c1ccccc1)c1c(C)c(C)c(C)c(C)c1C)C(F)(F)F. The molecule has 1 N–H and O–H groups in total. The summed E-state index contributed by atoms with van der Waals surface area (Å²) in [6, 6.07) is 8.43. The van der Waals surface area contributed by atoms with E-state index in [1.807, 2.05) is 34.6 Å². The second-order valence-electron chi connectivity index (χ2n) is 7.41. The lowest BCUT2D eigenvalue weighted by molar-refractivity contribution is -0.245. The van der Waals surface area contributed by atoms with Crippen LogP contribution >= 0.6 is 0 Å². The highest BCUT2D eigenvalue weighted by atomic mass is 19.4. The predicted molar refractivity (Wildman–Crippen MR) is 111 cm³/mol. The molecule has 0 aliphatic heterocycles. The van der Waals surface area contributed by atoms with Crippen LogP contribution in [0.1, 0.15) is 45.9 Å². The first-order valence-corrected chi connectivity index (χ1v) is 9.68. The number of ether oxygens (including phenoxy) is 1. The minimum Gasteiger partial charge on any atom is -0.463 e. The van der Waals surface area contributed by atoms with E-state index in [2.05, 4.69) is 4.74 Å². The van der Waals surface area contributed by atoms with Gasteiger partial charge in [-0.2, -0.15) is 13.2 Å². The van der Waals surface area contributed by atoms with Gasteiger partial charge in [-0.15, -0.1) is 0 Å².